The minimum Gasteiger partial charge on any atom is -0.386 e. The number of aliphatic imine (C=N–C) groups is 1. The van der Waals surface area contributed by atoms with Gasteiger partial charge in [-0.15, -0.1) is 0 Å². The van der Waals surface area contributed by atoms with Crippen molar-refractivity contribution in [1.82, 2.24) is 15.2 Å². The van der Waals surface area contributed by atoms with Crippen LogP contribution >= 0.6 is 0 Å². The van der Waals surface area contributed by atoms with Crippen LogP contribution in [0.1, 0.15) is 78.7 Å². The van der Waals surface area contributed by atoms with Crippen LogP contribution < -0.4 is 11.1 Å². The molecular formula is C33H45FN6O2. The van der Waals surface area contributed by atoms with E-state index in [9.17, 15) is 14.0 Å². The van der Waals surface area contributed by atoms with Crippen LogP contribution in [0.5, 0.6) is 0 Å². The van der Waals surface area contributed by atoms with Crippen LogP contribution in [0.4, 0.5) is 4.39 Å². The molecule has 8 nitrogen and oxygen atoms in total. The number of hydrogen-bond donors (Lipinski definition) is 3. The first kappa shape index (κ1) is 31.3. The highest BCUT2D eigenvalue weighted by atomic mass is 19.1. The van der Waals surface area contributed by atoms with Gasteiger partial charge in [0, 0.05) is 29.3 Å². The molecule has 0 radical (unpaired) electrons. The quantitative estimate of drug-likeness (QED) is 0.272. The molecule has 3 aliphatic rings. The minimum absolute atomic E-state index is 0.0252. The van der Waals surface area contributed by atoms with Gasteiger partial charge in [-0.3, -0.25) is 25.0 Å². The third-order valence-corrected chi connectivity index (χ3v) is 8.72. The highest BCUT2D eigenvalue weighted by Crippen LogP contribution is 2.46. The number of amidine groups is 1. The average molecular weight is 577 g/mol. The summed E-state index contributed by atoms with van der Waals surface area (Å²) in [6.07, 6.45) is 17.1. The molecule has 2 aliphatic carbocycles. The Morgan fingerprint density at radius 1 is 1.24 bits per heavy atom. The molecule has 2 atom stereocenters. The summed E-state index contributed by atoms with van der Waals surface area (Å²) < 4.78 is 14.2. The topological polar surface area (TPSA) is 125 Å². The van der Waals surface area contributed by atoms with Crippen LogP contribution in [-0.4, -0.2) is 51.5 Å². The smallest absolute Gasteiger partial charge is 0.274 e. The van der Waals surface area contributed by atoms with Crippen molar-refractivity contribution in [3.63, 3.8) is 0 Å². The Bertz CT molecular complexity index is 1310. The molecule has 1 spiro atoms. The molecule has 0 saturated heterocycles. The molecule has 2 heterocycles. The maximum absolute atomic E-state index is 14.4. The third kappa shape index (κ3) is 7.23. The number of carbonyl (C=O) groups is 2. The van der Waals surface area contributed by atoms with Crippen molar-refractivity contribution in [1.29, 1.82) is 5.41 Å². The molecule has 1 aliphatic heterocycles. The number of nitrogens with one attached hydrogen (secondary N) is 2. The van der Waals surface area contributed by atoms with Crippen LogP contribution in [0.15, 0.2) is 59.4 Å². The van der Waals surface area contributed by atoms with Gasteiger partial charge in [0.1, 0.15) is 23.0 Å². The normalized spacial score (nSPS) is 24.9. The second-order valence-electron chi connectivity index (χ2n) is 13.4. The standard InChI is InChI=1S/C33H45FN6O2/c1-21(2)22-11-15-33(16-12-22)39-29(25-17-26(34)19-37-18-25)31(42)40(33)27(13-14-32(3,4)5)23-7-6-8-24(10-9-23)30(41)38-20-28(35)36/h6-10,17-19,21-23,27H,11-16,20H2,1-5H3,(H3,35,36)(H,38,41). The lowest BCUT2D eigenvalue weighted by atomic mass is 9.75. The second-order valence-corrected chi connectivity index (χ2v) is 13.4. The maximum atomic E-state index is 14.4. The van der Waals surface area contributed by atoms with Crippen LogP contribution in [0.2, 0.25) is 0 Å². The predicted octanol–water partition coefficient (Wildman–Crippen LogP) is 5.31. The lowest BCUT2D eigenvalue weighted by Crippen LogP contribution is -2.56. The van der Waals surface area contributed by atoms with Crippen molar-refractivity contribution in [3.8, 4) is 0 Å². The molecule has 1 aromatic rings. The molecule has 226 valence electrons. The Kier molecular flexibility index (Phi) is 9.48. The SMILES string of the molecule is CC(C)C1CCC2(CC1)N=C(c1cncc(F)c1)C(=O)N2C(CCC(C)(C)C)C1C=CC=C(C(=O)NCC(=N)N)C=C1. The van der Waals surface area contributed by atoms with Gasteiger partial charge in [-0.25, -0.2) is 4.39 Å². The zero-order valence-electron chi connectivity index (χ0n) is 25.5. The fourth-order valence-corrected chi connectivity index (χ4v) is 6.31. The number of aromatic nitrogens is 1. The highest BCUT2D eigenvalue weighted by Gasteiger charge is 2.52. The van der Waals surface area contributed by atoms with Crippen LogP contribution in [0.3, 0.4) is 0 Å². The number of pyridine rings is 1. The highest BCUT2D eigenvalue weighted by molar-refractivity contribution is 6.46. The van der Waals surface area contributed by atoms with E-state index in [0.29, 0.717) is 23.0 Å². The summed E-state index contributed by atoms with van der Waals surface area (Å²) in [6.45, 7) is 11.0. The van der Waals surface area contributed by atoms with Crippen molar-refractivity contribution in [2.45, 2.75) is 84.8 Å². The van der Waals surface area contributed by atoms with Crippen LogP contribution in [0, 0.1) is 34.4 Å². The number of allylic oxidation sites excluding steroid dienone is 2. The van der Waals surface area contributed by atoms with Gasteiger partial charge in [-0.1, -0.05) is 58.9 Å². The van der Waals surface area contributed by atoms with Gasteiger partial charge in [0.05, 0.1) is 12.7 Å². The first-order valence-corrected chi connectivity index (χ1v) is 15.0. The number of rotatable bonds is 9. The predicted molar refractivity (Wildman–Crippen MR) is 164 cm³/mol. The van der Waals surface area contributed by atoms with E-state index in [1.54, 1.807) is 12.2 Å². The van der Waals surface area contributed by atoms with E-state index >= 15 is 0 Å². The number of hydrogen-bond acceptors (Lipinski definition) is 5. The second kappa shape index (κ2) is 12.7. The van der Waals surface area contributed by atoms with E-state index in [-0.39, 0.29) is 47.3 Å². The zero-order chi connectivity index (χ0) is 30.7. The molecule has 1 fully saturated rings. The summed E-state index contributed by atoms with van der Waals surface area (Å²) in [4.78, 5) is 38.3. The van der Waals surface area contributed by atoms with Crippen molar-refractivity contribution in [3.05, 3.63) is 65.8 Å². The van der Waals surface area contributed by atoms with Gasteiger partial charge in [-0.2, -0.15) is 0 Å². The number of nitrogens with zero attached hydrogens (tertiary/aromatic N) is 3. The van der Waals surface area contributed by atoms with Gasteiger partial charge in [0.2, 0.25) is 0 Å². The lowest BCUT2D eigenvalue weighted by Gasteiger charge is -2.47. The first-order chi connectivity index (χ1) is 19.8. The number of nitrogens with two attached hydrogens (primary N) is 1. The van der Waals surface area contributed by atoms with E-state index in [2.05, 4.69) is 44.9 Å². The van der Waals surface area contributed by atoms with Crippen molar-refractivity contribution in [2.24, 2.45) is 33.9 Å². The molecule has 4 N–H and O–H groups in total. The third-order valence-electron chi connectivity index (χ3n) is 8.72. The van der Waals surface area contributed by atoms with E-state index < -0.39 is 11.5 Å². The fourth-order valence-electron chi connectivity index (χ4n) is 6.31. The van der Waals surface area contributed by atoms with E-state index in [4.69, 9.17) is 16.1 Å². The summed E-state index contributed by atoms with van der Waals surface area (Å²) in [5, 5.41) is 10.1. The minimum atomic E-state index is -0.713. The summed E-state index contributed by atoms with van der Waals surface area (Å²) in [7, 11) is 0. The lowest BCUT2D eigenvalue weighted by molar-refractivity contribution is -0.134. The molecule has 1 saturated carbocycles. The monoisotopic (exact) mass is 576 g/mol. The Labute approximate surface area is 249 Å². The number of halogens is 1. The summed E-state index contributed by atoms with van der Waals surface area (Å²) in [6, 6.07) is 1.11. The van der Waals surface area contributed by atoms with Gasteiger partial charge >= 0.3 is 0 Å². The number of carbonyl (C=O) groups excluding carboxylic acids is 2. The Morgan fingerprint density at radius 2 is 1.95 bits per heavy atom. The summed E-state index contributed by atoms with van der Waals surface area (Å²) in [5.41, 5.74) is 5.86. The molecule has 9 heteroatoms. The van der Waals surface area contributed by atoms with Crippen molar-refractivity contribution in [2.75, 3.05) is 6.54 Å². The molecule has 0 aromatic carbocycles. The largest absolute Gasteiger partial charge is 0.386 e. The van der Waals surface area contributed by atoms with Crippen molar-refractivity contribution < 1.29 is 14.0 Å². The van der Waals surface area contributed by atoms with Crippen molar-refractivity contribution >= 4 is 23.4 Å². The molecular weight excluding hydrogens is 531 g/mol. The van der Waals surface area contributed by atoms with E-state index in [0.717, 1.165) is 44.7 Å². The zero-order valence-corrected chi connectivity index (χ0v) is 25.5. The van der Waals surface area contributed by atoms with Crippen LogP contribution in [0.25, 0.3) is 0 Å². The van der Waals surface area contributed by atoms with E-state index in [1.807, 2.05) is 23.1 Å². The van der Waals surface area contributed by atoms with Gasteiger partial charge in [0.25, 0.3) is 11.8 Å². The maximum Gasteiger partial charge on any atom is 0.274 e. The Morgan fingerprint density at radius 3 is 2.57 bits per heavy atom. The first-order valence-electron chi connectivity index (χ1n) is 15.0. The summed E-state index contributed by atoms with van der Waals surface area (Å²) >= 11 is 0. The molecule has 1 aromatic heterocycles. The Hall–Kier alpha value is -3.62. The molecule has 42 heavy (non-hydrogen) atoms. The molecule has 0 bridgehead atoms. The van der Waals surface area contributed by atoms with Gasteiger partial charge in [-0.05, 0) is 67.9 Å². The van der Waals surface area contributed by atoms with Crippen LogP contribution in [-0.2, 0) is 9.59 Å². The van der Waals surface area contributed by atoms with Gasteiger partial charge in [0.15, 0.2) is 0 Å². The fraction of sp³-hybridized carbons (Fsp3) is 0.545. The number of amides is 2. The van der Waals surface area contributed by atoms with Gasteiger partial charge < -0.3 is 16.0 Å². The molecule has 4 rings (SSSR count). The summed E-state index contributed by atoms with van der Waals surface area (Å²) in [5.74, 6) is -0.192. The molecule has 2 amide bonds. The Balaban J connectivity index is 1.72. The van der Waals surface area contributed by atoms with E-state index in [1.165, 1.54) is 12.3 Å². The molecule has 2 unspecified atom stereocenters. The average Bonchev–Trinajstić information content (AvgIpc) is 3.06.